The predicted octanol–water partition coefficient (Wildman–Crippen LogP) is 5.53. The topological polar surface area (TPSA) is 38.8 Å². The zero-order chi connectivity index (χ0) is 19.8. The average molecular weight is 396 g/mol. The van der Waals surface area contributed by atoms with Crippen LogP contribution >= 0.6 is 11.3 Å². The van der Waals surface area contributed by atoms with E-state index in [9.17, 15) is 4.79 Å². The fourth-order valence-electron chi connectivity index (χ4n) is 2.89. The Kier molecular flexibility index (Phi) is 7.09. The second-order valence-corrected chi connectivity index (χ2v) is 7.26. The van der Waals surface area contributed by atoms with E-state index in [1.165, 1.54) is 4.88 Å². The number of thiophene rings is 1. The summed E-state index contributed by atoms with van der Waals surface area (Å²) in [6, 6.07) is 19.8. The van der Waals surface area contributed by atoms with Crippen LogP contribution in [0.4, 0.5) is 5.69 Å². The van der Waals surface area contributed by atoms with Crippen LogP contribution in [-0.4, -0.2) is 19.1 Å². The van der Waals surface area contributed by atoms with E-state index in [0.717, 1.165) is 30.1 Å². The first-order chi connectivity index (χ1) is 13.7. The molecular weight excluding hydrogens is 370 g/mol. The average Bonchev–Trinajstić information content (AvgIpc) is 3.18. The molecule has 28 heavy (non-hydrogen) atoms. The normalized spacial score (nSPS) is 10.5. The maximum atomic E-state index is 11.8. The Morgan fingerprint density at radius 3 is 2.43 bits per heavy atom. The summed E-state index contributed by atoms with van der Waals surface area (Å²) in [6.45, 7) is 6.49. The summed E-state index contributed by atoms with van der Waals surface area (Å²) in [5, 5.41) is 2.06. The van der Waals surface area contributed by atoms with Crippen LogP contribution in [-0.2, 0) is 17.9 Å². The van der Waals surface area contributed by atoms with Crippen molar-refractivity contribution in [2.75, 3.05) is 18.1 Å². The summed E-state index contributed by atoms with van der Waals surface area (Å²) in [7, 11) is 0. The Bertz CT molecular complexity index is 874. The van der Waals surface area contributed by atoms with Crippen molar-refractivity contribution < 1.29 is 14.3 Å². The molecule has 0 aliphatic rings. The van der Waals surface area contributed by atoms with E-state index >= 15 is 0 Å². The Balaban J connectivity index is 1.66. The van der Waals surface area contributed by atoms with E-state index in [0.29, 0.717) is 18.8 Å². The molecule has 0 saturated carbocycles. The number of carbonyl (C=O) groups excluding carboxylic acids is 1. The molecule has 0 atom stereocenters. The van der Waals surface area contributed by atoms with E-state index < -0.39 is 0 Å². The summed E-state index contributed by atoms with van der Waals surface area (Å²) in [4.78, 5) is 15.3. The van der Waals surface area contributed by atoms with Gasteiger partial charge in [-0.15, -0.1) is 11.3 Å². The lowest BCUT2D eigenvalue weighted by Crippen LogP contribution is -2.21. The number of nitrogens with zero attached hydrogens (tertiary/aromatic N) is 1. The standard InChI is InChI=1S/C23H25NO3S/c1-3-24(20-12-10-19(11-13-20)23(25)26-4-2)16-22-21(14-15-28-22)27-17-18-8-6-5-7-9-18/h5-15H,3-4,16-17H2,1-2H3. The van der Waals surface area contributed by atoms with Gasteiger partial charge in [-0.25, -0.2) is 4.79 Å². The summed E-state index contributed by atoms with van der Waals surface area (Å²) in [5.74, 6) is 0.641. The van der Waals surface area contributed by atoms with Gasteiger partial charge >= 0.3 is 5.97 Å². The van der Waals surface area contributed by atoms with Crippen molar-refractivity contribution in [2.24, 2.45) is 0 Å². The SMILES string of the molecule is CCOC(=O)c1ccc(N(CC)Cc2sccc2OCc2ccccc2)cc1. The lowest BCUT2D eigenvalue weighted by atomic mass is 10.2. The molecule has 0 bridgehead atoms. The molecule has 2 aromatic carbocycles. The molecule has 0 N–H and O–H groups in total. The number of hydrogen-bond donors (Lipinski definition) is 0. The molecule has 0 saturated heterocycles. The minimum atomic E-state index is -0.285. The second-order valence-electron chi connectivity index (χ2n) is 6.26. The number of hydrogen-bond acceptors (Lipinski definition) is 5. The van der Waals surface area contributed by atoms with Crippen molar-refractivity contribution in [3.05, 3.63) is 82.0 Å². The Morgan fingerprint density at radius 2 is 1.75 bits per heavy atom. The van der Waals surface area contributed by atoms with Gasteiger partial charge in [-0.3, -0.25) is 0 Å². The second kappa shape index (κ2) is 9.95. The smallest absolute Gasteiger partial charge is 0.338 e. The molecule has 4 nitrogen and oxygen atoms in total. The lowest BCUT2D eigenvalue weighted by Gasteiger charge is -2.23. The largest absolute Gasteiger partial charge is 0.488 e. The Hall–Kier alpha value is -2.79. The van der Waals surface area contributed by atoms with E-state index in [4.69, 9.17) is 9.47 Å². The van der Waals surface area contributed by atoms with Crippen LogP contribution in [0.3, 0.4) is 0 Å². The lowest BCUT2D eigenvalue weighted by molar-refractivity contribution is 0.0526. The van der Waals surface area contributed by atoms with Crippen molar-refractivity contribution in [1.29, 1.82) is 0 Å². The van der Waals surface area contributed by atoms with E-state index in [2.05, 4.69) is 29.3 Å². The molecule has 1 heterocycles. The van der Waals surface area contributed by atoms with Crippen LogP contribution < -0.4 is 9.64 Å². The van der Waals surface area contributed by atoms with Crippen molar-refractivity contribution >= 4 is 23.0 Å². The highest BCUT2D eigenvalue weighted by Gasteiger charge is 2.13. The van der Waals surface area contributed by atoms with Crippen molar-refractivity contribution in [2.45, 2.75) is 27.0 Å². The highest BCUT2D eigenvalue weighted by atomic mass is 32.1. The Morgan fingerprint density at radius 1 is 1.00 bits per heavy atom. The molecule has 0 aliphatic carbocycles. The minimum absolute atomic E-state index is 0.285. The van der Waals surface area contributed by atoms with Crippen LogP contribution in [0, 0.1) is 0 Å². The quantitative estimate of drug-likeness (QED) is 0.447. The molecule has 0 aliphatic heterocycles. The van der Waals surface area contributed by atoms with Gasteiger partial charge in [-0.05, 0) is 55.1 Å². The third-order valence-corrected chi connectivity index (χ3v) is 5.29. The first kappa shape index (κ1) is 20.0. The molecule has 3 aromatic rings. The number of benzene rings is 2. The van der Waals surface area contributed by atoms with Gasteiger partial charge in [-0.1, -0.05) is 30.3 Å². The fraction of sp³-hybridized carbons (Fsp3) is 0.261. The van der Waals surface area contributed by atoms with Gasteiger partial charge in [0.25, 0.3) is 0 Å². The summed E-state index contributed by atoms with van der Waals surface area (Å²) in [6.07, 6.45) is 0. The minimum Gasteiger partial charge on any atom is -0.488 e. The molecule has 1 aromatic heterocycles. The van der Waals surface area contributed by atoms with E-state index in [1.807, 2.05) is 55.5 Å². The van der Waals surface area contributed by atoms with Crippen LogP contribution in [0.15, 0.2) is 66.0 Å². The number of anilines is 1. The van der Waals surface area contributed by atoms with Gasteiger partial charge in [0, 0.05) is 12.2 Å². The molecule has 0 fully saturated rings. The van der Waals surface area contributed by atoms with Gasteiger partial charge < -0.3 is 14.4 Å². The molecule has 146 valence electrons. The summed E-state index contributed by atoms with van der Waals surface area (Å²) < 4.78 is 11.1. The zero-order valence-corrected chi connectivity index (χ0v) is 17.1. The van der Waals surface area contributed by atoms with Crippen molar-refractivity contribution in [1.82, 2.24) is 0 Å². The summed E-state index contributed by atoms with van der Waals surface area (Å²) >= 11 is 1.70. The number of ether oxygens (including phenoxy) is 2. The fourth-order valence-corrected chi connectivity index (χ4v) is 3.72. The zero-order valence-electron chi connectivity index (χ0n) is 16.3. The monoisotopic (exact) mass is 395 g/mol. The molecule has 0 spiro atoms. The number of esters is 1. The molecular formula is C23H25NO3S. The van der Waals surface area contributed by atoms with Gasteiger partial charge in [0.05, 0.1) is 23.6 Å². The third-order valence-electron chi connectivity index (χ3n) is 4.40. The van der Waals surface area contributed by atoms with Crippen LogP contribution in [0.25, 0.3) is 0 Å². The van der Waals surface area contributed by atoms with Gasteiger partial charge in [-0.2, -0.15) is 0 Å². The number of carbonyl (C=O) groups is 1. The van der Waals surface area contributed by atoms with Gasteiger partial charge in [0.1, 0.15) is 12.4 Å². The summed E-state index contributed by atoms with van der Waals surface area (Å²) in [5.41, 5.74) is 2.80. The van der Waals surface area contributed by atoms with Crippen LogP contribution in [0.1, 0.15) is 34.6 Å². The van der Waals surface area contributed by atoms with Crippen LogP contribution in [0.2, 0.25) is 0 Å². The van der Waals surface area contributed by atoms with Gasteiger partial charge in [0.15, 0.2) is 0 Å². The Labute approximate surface area is 170 Å². The number of rotatable bonds is 9. The highest BCUT2D eigenvalue weighted by molar-refractivity contribution is 7.10. The first-order valence-electron chi connectivity index (χ1n) is 9.46. The van der Waals surface area contributed by atoms with Crippen molar-refractivity contribution in [3.63, 3.8) is 0 Å². The molecule has 0 radical (unpaired) electrons. The van der Waals surface area contributed by atoms with E-state index in [-0.39, 0.29) is 5.97 Å². The first-order valence-corrected chi connectivity index (χ1v) is 10.3. The molecule has 5 heteroatoms. The van der Waals surface area contributed by atoms with Gasteiger partial charge in [0.2, 0.25) is 0 Å². The van der Waals surface area contributed by atoms with E-state index in [1.54, 1.807) is 11.3 Å². The highest BCUT2D eigenvalue weighted by Crippen LogP contribution is 2.29. The van der Waals surface area contributed by atoms with Crippen LogP contribution in [0.5, 0.6) is 5.75 Å². The molecule has 3 rings (SSSR count). The maximum absolute atomic E-state index is 11.8. The predicted molar refractivity (Wildman–Crippen MR) is 114 cm³/mol. The maximum Gasteiger partial charge on any atom is 0.338 e. The van der Waals surface area contributed by atoms with Crippen molar-refractivity contribution in [3.8, 4) is 5.75 Å². The molecule has 0 unspecified atom stereocenters. The molecule has 0 amide bonds. The third kappa shape index (κ3) is 5.14.